The molecule has 5 heteroatoms. The van der Waals surface area contributed by atoms with Crippen LogP contribution in [0.4, 0.5) is 0 Å². The molecule has 0 unspecified atom stereocenters. The number of aromatic nitrogens is 2. The van der Waals surface area contributed by atoms with Crippen molar-refractivity contribution in [2.45, 2.75) is 38.1 Å². The Kier molecular flexibility index (Phi) is 4.06. The molecule has 2 aromatic heterocycles. The van der Waals surface area contributed by atoms with Crippen LogP contribution in [0.5, 0.6) is 0 Å². The van der Waals surface area contributed by atoms with Crippen LogP contribution in [0.1, 0.15) is 41.9 Å². The van der Waals surface area contributed by atoms with E-state index in [-0.39, 0.29) is 5.91 Å². The predicted molar refractivity (Wildman–Crippen MR) is 79.7 cm³/mol. The van der Waals surface area contributed by atoms with Crippen LogP contribution < -0.4 is 5.32 Å². The van der Waals surface area contributed by atoms with Crippen molar-refractivity contribution in [3.63, 3.8) is 0 Å². The maximum atomic E-state index is 12.2. The molecule has 0 atom stereocenters. The highest BCUT2D eigenvalue weighted by Gasteiger charge is 2.19. The highest BCUT2D eigenvalue weighted by molar-refractivity contribution is 7.12. The standard InChI is InChI=1S/C15H17N3OS/c19-14(17-11-6-2-1-3-7-11)15-18-13(10-20-15)12-8-4-5-9-16-12/h4-5,8-11H,1-3,6-7H2,(H,17,19). The Bertz CT molecular complexity index is 576. The first kappa shape index (κ1) is 13.2. The van der Waals surface area contributed by atoms with Gasteiger partial charge in [0.25, 0.3) is 5.91 Å². The number of nitrogens with one attached hydrogen (secondary N) is 1. The van der Waals surface area contributed by atoms with Gasteiger partial charge in [-0.1, -0.05) is 25.3 Å². The third kappa shape index (κ3) is 3.04. The fourth-order valence-electron chi connectivity index (χ4n) is 2.50. The summed E-state index contributed by atoms with van der Waals surface area (Å²) in [6.45, 7) is 0. The van der Waals surface area contributed by atoms with Gasteiger partial charge in [0.1, 0.15) is 5.69 Å². The molecule has 1 amide bonds. The second kappa shape index (κ2) is 6.13. The van der Waals surface area contributed by atoms with Crippen molar-refractivity contribution in [2.24, 2.45) is 0 Å². The number of carbonyl (C=O) groups excluding carboxylic acids is 1. The Morgan fingerprint density at radius 1 is 1.20 bits per heavy atom. The largest absolute Gasteiger partial charge is 0.347 e. The lowest BCUT2D eigenvalue weighted by molar-refractivity contribution is 0.0927. The Morgan fingerprint density at radius 2 is 2.05 bits per heavy atom. The lowest BCUT2D eigenvalue weighted by Crippen LogP contribution is -2.36. The monoisotopic (exact) mass is 287 g/mol. The SMILES string of the molecule is O=C(NC1CCCCC1)c1nc(-c2ccccn2)cs1. The molecule has 20 heavy (non-hydrogen) atoms. The smallest absolute Gasteiger partial charge is 0.280 e. The molecule has 0 spiro atoms. The van der Waals surface area contributed by atoms with Gasteiger partial charge in [0, 0.05) is 17.6 Å². The van der Waals surface area contributed by atoms with Gasteiger partial charge in [-0.2, -0.15) is 0 Å². The molecule has 0 aliphatic heterocycles. The average Bonchev–Trinajstić information content (AvgIpc) is 2.99. The number of nitrogens with zero attached hydrogens (tertiary/aromatic N) is 2. The molecule has 2 heterocycles. The molecule has 0 aromatic carbocycles. The second-order valence-corrected chi connectivity index (χ2v) is 5.92. The van der Waals surface area contributed by atoms with Gasteiger partial charge < -0.3 is 5.32 Å². The van der Waals surface area contributed by atoms with E-state index in [9.17, 15) is 4.79 Å². The Morgan fingerprint density at radius 3 is 2.80 bits per heavy atom. The van der Waals surface area contributed by atoms with E-state index in [2.05, 4.69) is 15.3 Å². The first-order valence-corrected chi connectivity index (χ1v) is 7.89. The number of pyridine rings is 1. The first-order chi connectivity index (χ1) is 9.83. The normalized spacial score (nSPS) is 16.0. The Balaban J connectivity index is 1.68. The van der Waals surface area contributed by atoms with Gasteiger partial charge in [0.2, 0.25) is 0 Å². The maximum Gasteiger partial charge on any atom is 0.280 e. The number of hydrogen-bond donors (Lipinski definition) is 1. The summed E-state index contributed by atoms with van der Waals surface area (Å²) in [6, 6.07) is 6.01. The zero-order valence-corrected chi connectivity index (χ0v) is 12.0. The summed E-state index contributed by atoms with van der Waals surface area (Å²) in [5, 5.41) is 5.50. The number of hydrogen-bond acceptors (Lipinski definition) is 4. The summed E-state index contributed by atoms with van der Waals surface area (Å²) in [7, 11) is 0. The first-order valence-electron chi connectivity index (χ1n) is 7.01. The third-order valence-corrected chi connectivity index (χ3v) is 4.41. The molecule has 1 aliphatic rings. The number of rotatable bonds is 3. The second-order valence-electron chi connectivity index (χ2n) is 5.06. The molecule has 1 N–H and O–H groups in total. The van der Waals surface area contributed by atoms with E-state index in [1.54, 1.807) is 6.20 Å². The van der Waals surface area contributed by atoms with Crippen LogP contribution in [0.15, 0.2) is 29.8 Å². The summed E-state index contributed by atoms with van der Waals surface area (Å²) in [6.07, 6.45) is 7.61. The Labute approximate surface area is 122 Å². The summed E-state index contributed by atoms with van der Waals surface area (Å²) in [5.74, 6) is -0.0518. The van der Waals surface area contributed by atoms with Gasteiger partial charge in [-0.3, -0.25) is 9.78 Å². The molecular weight excluding hydrogens is 270 g/mol. The van der Waals surface area contributed by atoms with Crippen molar-refractivity contribution in [2.75, 3.05) is 0 Å². The summed E-state index contributed by atoms with van der Waals surface area (Å²) in [4.78, 5) is 20.8. The molecule has 1 saturated carbocycles. The molecule has 3 rings (SSSR count). The van der Waals surface area contributed by atoms with Crippen molar-refractivity contribution in [1.29, 1.82) is 0 Å². The van der Waals surface area contributed by atoms with Gasteiger partial charge in [-0.15, -0.1) is 11.3 Å². The van der Waals surface area contributed by atoms with Crippen LogP contribution in [0, 0.1) is 0 Å². The van der Waals surface area contributed by atoms with Crippen molar-refractivity contribution in [3.8, 4) is 11.4 Å². The van der Waals surface area contributed by atoms with Crippen molar-refractivity contribution in [3.05, 3.63) is 34.8 Å². The van der Waals surface area contributed by atoms with Crippen molar-refractivity contribution in [1.82, 2.24) is 15.3 Å². The molecule has 0 saturated heterocycles. The highest BCUT2D eigenvalue weighted by Crippen LogP contribution is 2.21. The molecule has 1 aliphatic carbocycles. The molecule has 4 nitrogen and oxygen atoms in total. The van der Waals surface area contributed by atoms with Crippen molar-refractivity contribution >= 4 is 17.2 Å². The zero-order valence-electron chi connectivity index (χ0n) is 11.2. The van der Waals surface area contributed by atoms with E-state index >= 15 is 0 Å². The van der Waals surface area contributed by atoms with Gasteiger partial charge in [-0.25, -0.2) is 4.98 Å². The van der Waals surface area contributed by atoms with E-state index < -0.39 is 0 Å². The molecule has 104 valence electrons. The van der Waals surface area contributed by atoms with Gasteiger partial charge in [0.05, 0.1) is 5.69 Å². The van der Waals surface area contributed by atoms with Crippen LogP contribution >= 0.6 is 11.3 Å². The topological polar surface area (TPSA) is 54.9 Å². The molecule has 1 fully saturated rings. The lowest BCUT2D eigenvalue weighted by atomic mass is 9.95. The van der Waals surface area contributed by atoms with E-state index in [0.717, 1.165) is 24.2 Å². The van der Waals surface area contributed by atoms with Gasteiger partial charge in [0.15, 0.2) is 5.01 Å². The molecule has 0 radical (unpaired) electrons. The fraction of sp³-hybridized carbons (Fsp3) is 0.400. The zero-order chi connectivity index (χ0) is 13.8. The van der Waals surface area contributed by atoms with Gasteiger partial charge >= 0.3 is 0 Å². The van der Waals surface area contributed by atoms with Crippen LogP contribution in [0.25, 0.3) is 11.4 Å². The van der Waals surface area contributed by atoms with Crippen LogP contribution in [0.2, 0.25) is 0 Å². The van der Waals surface area contributed by atoms with Gasteiger partial charge in [-0.05, 0) is 25.0 Å². The maximum absolute atomic E-state index is 12.2. The number of carbonyl (C=O) groups is 1. The highest BCUT2D eigenvalue weighted by atomic mass is 32.1. The van der Waals surface area contributed by atoms with E-state index in [1.807, 2.05) is 23.6 Å². The molecule has 2 aromatic rings. The van der Waals surface area contributed by atoms with E-state index in [4.69, 9.17) is 0 Å². The Hall–Kier alpha value is -1.75. The molecule has 0 bridgehead atoms. The lowest BCUT2D eigenvalue weighted by Gasteiger charge is -2.22. The minimum absolute atomic E-state index is 0.0518. The van der Waals surface area contributed by atoms with Crippen LogP contribution in [-0.2, 0) is 0 Å². The predicted octanol–water partition coefficient (Wildman–Crippen LogP) is 3.27. The molecular formula is C15H17N3OS. The minimum atomic E-state index is -0.0518. The van der Waals surface area contributed by atoms with E-state index in [1.165, 1.54) is 30.6 Å². The summed E-state index contributed by atoms with van der Waals surface area (Å²) >= 11 is 1.38. The fourth-order valence-corrected chi connectivity index (χ4v) is 3.22. The summed E-state index contributed by atoms with van der Waals surface area (Å²) < 4.78 is 0. The van der Waals surface area contributed by atoms with Crippen molar-refractivity contribution < 1.29 is 4.79 Å². The van der Waals surface area contributed by atoms with Crippen LogP contribution in [0.3, 0.4) is 0 Å². The quantitative estimate of drug-likeness (QED) is 0.942. The number of thiazole rings is 1. The number of amides is 1. The minimum Gasteiger partial charge on any atom is -0.347 e. The van der Waals surface area contributed by atoms with E-state index in [0.29, 0.717) is 11.0 Å². The third-order valence-electron chi connectivity index (χ3n) is 3.57. The summed E-state index contributed by atoms with van der Waals surface area (Å²) in [5.41, 5.74) is 1.57. The average molecular weight is 287 g/mol. The van der Waals surface area contributed by atoms with Crippen LogP contribution in [-0.4, -0.2) is 21.9 Å².